The van der Waals surface area contributed by atoms with Crippen LogP contribution in [0.1, 0.15) is 46.5 Å². The number of likely N-dealkylation sites (tertiary alicyclic amines) is 1. The van der Waals surface area contributed by atoms with Crippen LogP contribution in [0.25, 0.3) is 10.9 Å². The van der Waals surface area contributed by atoms with E-state index in [0.29, 0.717) is 46.4 Å². The largest absolute Gasteiger partial charge is 0.490 e. The number of nitrogens with zero attached hydrogens (tertiary/aromatic N) is 1. The second-order valence-corrected chi connectivity index (χ2v) is 13.0. The maximum Gasteiger partial charge on any atom is 0.410 e. The predicted octanol–water partition coefficient (Wildman–Crippen LogP) is 7.22. The zero-order valence-electron chi connectivity index (χ0n) is 22.0. The Morgan fingerprint density at radius 1 is 1.15 bits per heavy atom. The number of piperidine rings is 1. The van der Waals surface area contributed by atoms with Gasteiger partial charge in [0.1, 0.15) is 10.5 Å². The molecule has 212 valence electrons. The van der Waals surface area contributed by atoms with Crippen molar-refractivity contribution in [3.63, 3.8) is 0 Å². The van der Waals surface area contributed by atoms with E-state index in [1.807, 2.05) is 20.8 Å². The van der Waals surface area contributed by atoms with Crippen LogP contribution >= 0.6 is 23.2 Å². The smallest absolute Gasteiger partial charge is 0.410 e. The minimum atomic E-state index is -4.29. The third kappa shape index (κ3) is 7.10. The molecule has 1 amide bonds. The molecule has 0 unspecified atom stereocenters. The highest BCUT2D eigenvalue weighted by Gasteiger charge is 2.27. The number of rotatable bonds is 8. The van der Waals surface area contributed by atoms with Crippen molar-refractivity contribution >= 4 is 55.9 Å². The molecule has 1 aliphatic rings. The minimum absolute atomic E-state index is 0.137. The molecule has 1 aliphatic heterocycles. The average Bonchev–Trinajstić information content (AvgIpc) is 3.26. The van der Waals surface area contributed by atoms with Crippen molar-refractivity contribution in [1.82, 2.24) is 9.88 Å². The highest BCUT2D eigenvalue weighted by Crippen LogP contribution is 2.36. The summed E-state index contributed by atoms with van der Waals surface area (Å²) in [6.45, 7) is 7.04. The van der Waals surface area contributed by atoms with E-state index in [1.165, 1.54) is 36.5 Å². The molecule has 0 spiro atoms. The average molecular weight is 601 g/mol. The first-order valence-electron chi connectivity index (χ1n) is 12.7. The first kappa shape index (κ1) is 29.3. The SMILES string of the molecule is CC(C)(C)OC(=O)N1CCC(CCCOc2cccc(S(=O)(=O)Nc3ccc(Cl)c4c(Cl)c[nH]c34)c2F)CC1. The Hall–Kier alpha value is -2.69. The zero-order chi connectivity index (χ0) is 28.4. The summed E-state index contributed by atoms with van der Waals surface area (Å²) in [6.07, 6.45) is 4.45. The second-order valence-electron chi connectivity index (χ2n) is 10.6. The molecule has 3 aromatic rings. The number of sulfonamides is 1. The normalized spacial score (nSPS) is 15.0. The predicted molar refractivity (Wildman–Crippen MR) is 151 cm³/mol. The molecule has 2 heterocycles. The summed E-state index contributed by atoms with van der Waals surface area (Å²) >= 11 is 12.3. The van der Waals surface area contributed by atoms with E-state index >= 15 is 4.39 Å². The molecule has 0 saturated carbocycles. The van der Waals surface area contributed by atoms with E-state index in [9.17, 15) is 13.2 Å². The lowest BCUT2D eigenvalue weighted by atomic mass is 9.92. The van der Waals surface area contributed by atoms with E-state index in [1.54, 1.807) is 4.90 Å². The van der Waals surface area contributed by atoms with Crippen molar-refractivity contribution in [1.29, 1.82) is 0 Å². The van der Waals surface area contributed by atoms with Gasteiger partial charge in [-0.2, -0.15) is 0 Å². The fourth-order valence-corrected chi connectivity index (χ4v) is 6.27. The van der Waals surface area contributed by atoms with Crippen LogP contribution in [-0.2, 0) is 14.8 Å². The first-order chi connectivity index (χ1) is 18.4. The Balaban J connectivity index is 1.32. The number of halogens is 3. The van der Waals surface area contributed by atoms with Crippen molar-refractivity contribution in [3.8, 4) is 5.75 Å². The summed E-state index contributed by atoms with van der Waals surface area (Å²) in [7, 11) is -4.29. The van der Waals surface area contributed by atoms with Gasteiger partial charge in [0.05, 0.1) is 27.9 Å². The maximum absolute atomic E-state index is 15.2. The van der Waals surface area contributed by atoms with Gasteiger partial charge in [-0.3, -0.25) is 4.72 Å². The Morgan fingerprint density at radius 2 is 1.87 bits per heavy atom. The molecule has 0 atom stereocenters. The Morgan fingerprint density at radius 3 is 2.56 bits per heavy atom. The Bertz CT molecular complexity index is 1450. The van der Waals surface area contributed by atoms with Crippen molar-refractivity contribution in [2.45, 2.75) is 57.0 Å². The fraction of sp³-hybridized carbons (Fsp3) is 0.444. The van der Waals surface area contributed by atoms with Crippen LogP contribution in [0.15, 0.2) is 41.4 Å². The van der Waals surface area contributed by atoms with Gasteiger partial charge in [-0.1, -0.05) is 29.3 Å². The number of aromatic nitrogens is 1. The topological polar surface area (TPSA) is 101 Å². The van der Waals surface area contributed by atoms with Crippen LogP contribution in [0.3, 0.4) is 0 Å². The molecular weight excluding hydrogens is 568 g/mol. The van der Waals surface area contributed by atoms with E-state index in [4.69, 9.17) is 32.7 Å². The van der Waals surface area contributed by atoms with E-state index < -0.39 is 26.3 Å². The lowest BCUT2D eigenvalue weighted by Crippen LogP contribution is -2.41. The van der Waals surface area contributed by atoms with Crippen LogP contribution in [0.4, 0.5) is 14.9 Å². The monoisotopic (exact) mass is 599 g/mol. The number of anilines is 1. The highest BCUT2D eigenvalue weighted by molar-refractivity contribution is 7.92. The molecule has 1 saturated heterocycles. The third-order valence-electron chi connectivity index (χ3n) is 6.48. The standard InChI is InChI=1S/C27H32Cl2FN3O5S/c1-27(2,3)38-26(34)33-13-11-17(12-14-33)6-5-15-37-21-7-4-8-22(24(21)30)39(35,36)32-20-10-9-18(28)23-19(29)16-31-25(20)23/h4,7-10,16-17,31-32H,5-6,11-15H2,1-3H3. The number of hydrogen-bond acceptors (Lipinski definition) is 5. The summed E-state index contributed by atoms with van der Waals surface area (Å²) < 4.78 is 54.8. The summed E-state index contributed by atoms with van der Waals surface area (Å²) in [5.74, 6) is -0.682. The molecule has 0 bridgehead atoms. The van der Waals surface area contributed by atoms with Crippen LogP contribution < -0.4 is 9.46 Å². The third-order valence-corrected chi connectivity index (χ3v) is 8.47. The van der Waals surface area contributed by atoms with E-state index in [0.717, 1.165) is 19.3 Å². The van der Waals surface area contributed by atoms with Gasteiger partial charge in [0.25, 0.3) is 10.0 Å². The van der Waals surface area contributed by atoms with Gasteiger partial charge in [0.2, 0.25) is 0 Å². The van der Waals surface area contributed by atoms with Crippen molar-refractivity contribution < 1.29 is 27.1 Å². The van der Waals surface area contributed by atoms with Crippen molar-refractivity contribution in [3.05, 3.63) is 52.4 Å². The molecule has 0 aliphatic carbocycles. The number of fused-ring (bicyclic) bond motifs is 1. The number of nitrogens with one attached hydrogen (secondary N) is 2. The minimum Gasteiger partial charge on any atom is -0.490 e. The van der Waals surface area contributed by atoms with Gasteiger partial charge in [-0.05, 0) is 76.6 Å². The number of hydrogen-bond donors (Lipinski definition) is 2. The van der Waals surface area contributed by atoms with Gasteiger partial charge in [-0.15, -0.1) is 0 Å². The molecule has 2 N–H and O–H groups in total. The molecule has 12 heteroatoms. The molecule has 2 aromatic carbocycles. The van der Waals surface area contributed by atoms with Gasteiger partial charge in [-0.25, -0.2) is 17.6 Å². The maximum atomic E-state index is 15.2. The number of aromatic amines is 1. The Labute approximate surface area is 237 Å². The van der Waals surface area contributed by atoms with Gasteiger partial charge in [0.15, 0.2) is 11.6 Å². The van der Waals surface area contributed by atoms with Gasteiger partial charge >= 0.3 is 6.09 Å². The molecule has 0 radical (unpaired) electrons. The second kappa shape index (κ2) is 11.8. The summed E-state index contributed by atoms with van der Waals surface area (Å²) in [5.41, 5.74) is 0.0528. The number of amides is 1. The van der Waals surface area contributed by atoms with Gasteiger partial charge in [0, 0.05) is 24.7 Å². The zero-order valence-corrected chi connectivity index (χ0v) is 24.4. The fourth-order valence-electron chi connectivity index (χ4n) is 4.55. The highest BCUT2D eigenvalue weighted by atomic mass is 35.5. The van der Waals surface area contributed by atoms with Crippen LogP contribution in [0.2, 0.25) is 10.0 Å². The summed E-state index contributed by atoms with van der Waals surface area (Å²) in [4.78, 5) is 16.3. The lowest BCUT2D eigenvalue weighted by Gasteiger charge is -2.33. The Kier molecular flexibility index (Phi) is 8.88. The van der Waals surface area contributed by atoms with Crippen LogP contribution in [-0.4, -0.2) is 49.7 Å². The van der Waals surface area contributed by atoms with E-state index in [2.05, 4.69) is 9.71 Å². The molecule has 1 fully saturated rings. The molecule has 4 rings (SSSR count). The summed E-state index contributed by atoms with van der Waals surface area (Å²) in [5, 5.41) is 1.16. The number of H-pyrrole nitrogens is 1. The van der Waals surface area contributed by atoms with Crippen LogP contribution in [0, 0.1) is 11.7 Å². The number of carbonyl (C=O) groups is 1. The molecule has 8 nitrogen and oxygen atoms in total. The molecule has 1 aromatic heterocycles. The van der Waals surface area contributed by atoms with E-state index in [-0.39, 0.29) is 24.1 Å². The lowest BCUT2D eigenvalue weighted by molar-refractivity contribution is 0.0179. The van der Waals surface area contributed by atoms with Gasteiger partial charge < -0.3 is 19.4 Å². The number of ether oxygens (including phenoxy) is 2. The summed E-state index contributed by atoms with van der Waals surface area (Å²) in [6, 6.07) is 7.00. The quantitative estimate of drug-likeness (QED) is 0.266. The number of carbonyl (C=O) groups excluding carboxylic acids is 1. The number of benzene rings is 2. The first-order valence-corrected chi connectivity index (χ1v) is 15.0. The van der Waals surface area contributed by atoms with Crippen LogP contribution in [0.5, 0.6) is 5.75 Å². The molecule has 39 heavy (non-hydrogen) atoms. The molecular formula is C27H32Cl2FN3O5S. The van der Waals surface area contributed by atoms with Crippen molar-refractivity contribution in [2.75, 3.05) is 24.4 Å². The van der Waals surface area contributed by atoms with Crippen molar-refractivity contribution in [2.24, 2.45) is 5.92 Å².